The highest BCUT2D eigenvalue weighted by atomic mass is 19.4. The van der Waals surface area contributed by atoms with Crippen LogP contribution in [0.5, 0.6) is 5.75 Å². The summed E-state index contributed by atoms with van der Waals surface area (Å²) in [6.45, 7) is 5.25. The number of carbonyl (C=O) groups is 3. The second kappa shape index (κ2) is 13.2. The lowest BCUT2D eigenvalue weighted by atomic mass is 10.0. The van der Waals surface area contributed by atoms with Gasteiger partial charge in [0, 0.05) is 37.3 Å². The van der Waals surface area contributed by atoms with Crippen LogP contribution in [-0.4, -0.2) is 67.4 Å². The second-order valence-corrected chi connectivity index (χ2v) is 10.4. The molecule has 1 fully saturated rings. The molecule has 0 N–H and O–H groups in total. The predicted octanol–water partition coefficient (Wildman–Crippen LogP) is 5.18. The maximum atomic E-state index is 13.4. The summed E-state index contributed by atoms with van der Waals surface area (Å²) >= 11 is 0. The van der Waals surface area contributed by atoms with Crippen molar-refractivity contribution in [3.05, 3.63) is 70.3 Å². The van der Waals surface area contributed by atoms with E-state index in [1.807, 2.05) is 17.0 Å². The van der Waals surface area contributed by atoms with Crippen molar-refractivity contribution in [2.24, 2.45) is 0 Å². The number of carbonyl (C=O) groups excluding carboxylic acids is 3. The number of unbranched alkanes of at least 4 members (excludes halogenated alkanes) is 3. The van der Waals surface area contributed by atoms with Crippen molar-refractivity contribution in [3.8, 4) is 11.8 Å². The van der Waals surface area contributed by atoms with E-state index in [-0.39, 0.29) is 17.2 Å². The van der Waals surface area contributed by atoms with Crippen molar-refractivity contribution >= 4 is 23.4 Å². The van der Waals surface area contributed by atoms with Gasteiger partial charge in [-0.1, -0.05) is 25.0 Å². The number of halogens is 3. The molecule has 0 bridgehead atoms. The molecule has 2 aliphatic rings. The highest BCUT2D eigenvalue weighted by Crippen LogP contribution is 2.37. The van der Waals surface area contributed by atoms with E-state index in [1.54, 1.807) is 19.2 Å². The van der Waals surface area contributed by atoms with E-state index < -0.39 is 29.1 Å². The molecule has 8 nitrogen and oxygen atoms in total. The first-order valence-electron chi connectivity index (χ1n) is 13.9. The minimum Gasteiger partial charge on any atom is -0.496 e. The zero-order valence-corrected chi connectivity index (χ0v) is 23.7. The third-order valence-corrected chi connectivity index (χ3v) is 7.77. The van der Waals surface area contributed by atoms with Crippen molar-refractivity contribution in [1.29, 1.82) is 5.26 Å². The minimum absolute atomic E-state index is 0.0322. The Bertz CT molecular complexity index is 1420. The number of benzene rings is 2. The second-order valence-electron chi connectivity index (χ2n) is 10.4. The summed E-state index contributed by atoms with van der Waals surface area (Å²) in [6, 6.07) is 11.5. The summed E-state index contributed by atoms with van der Waals surface area (Å²) < 4.78 is 45.5. The normalized spacial score (nSPS) is 16.3. The summed E-state index contributed by atoms with van der Waals surface area (Å²) in [6.07, 6.45) is -1.06. The summed E-state index contributed by atoms with van der Waals surface area (Å²) in [5, 5.41) is 9.02. The average Bonchev–Trinajstić information content (AvgIpc) is 3.20. The lowest BCUT2D eigenvalue weighted by molar-refractivity contribution is -0.138. The Labute approximate surface area is 242 Å². The van der Waals surface area contributed by atoms with Gasteiger partial charge in [-0.2, -0.15) is 18.4 Å². The number of para-hydroxylation sites is 1. The van der Waals surface area contributed by atoms with Gasteiger partial charge in [-0.25, -0.2) is 4.90 Å². The molecule has 1 saturated heterocycles. The molecule has 222 valence electrons. The summed E-state index contributed by atoms with van der Waals surface area (Å²) in [5.74, 6) is -0.723. The van der Waals surface area contributed by atoms with E-state index in [0.29, 0.717) is 48.9 Å². The minimum atomic E-state index is -4.79. The average molecular weight is 583 g/mol. The largest absolute Gasteiger partial charge is 0.496 e. The smallest absolute Gasteiger partial charge is 0.417 e. The molecule has 0 aromatic heterocycles. The van der Waals surface area contributed by atoms with Crippen LogP contribution >= 0.6 is 0 Å². The van der Waals surface area contributed by atoms with Crippen LogP contribution < -0.4 is 9.64 Å². The maximum Gasteiger partial charge on any atom is 0.417 e. The Balaban J connectivity index is 1.21. The van der Waals surface area contributed by atoms with Gasteiger partial charge in [-0.3, -0.25) is 19.3 Å². The number of hydrogen-bond donors (Lipinski definition) is 0. The molecule has 4 rings (SSSR count). The summed E-state index contributed by atoms with van der Waals surface area (Å²) in [5.41, 5.74) is -0.841. The fourth-order valence-corrected chi connectivity index (χ4v) is 5.37. The Hall–Kier alpha value is -4.17. The Morgan fingerprint density at radius 1 is 0.976 bits per heavy atom. The molecule has 0 atom stereocenters. The maximum absolute atomic E-state index is 13.4. The van der Waals surface area contributed by atoms with Crippen molar-refractivity contribution in [2.75, 3.05) is 44.7 Å². The van der Waals surface area contributed by atoms with Crippen LogP contribution in [0.4, 0.5) is 18.9 Å². The molecular weight excluding hydrogens is 549 g/mol. The van der Waals surface area contributed by atoms with Crippen LogP contribution in [0.3, 0.4) is 0 Å². The highest BCUT2D eigenvalue weighted by Gasteiger charge is 2.39. The first kappa shape index (κ1) is 30.8. The standard InChI is InChI=1S/C31H33F3N4O4/c1-21-24(30(41)38(28(21)39)23-13-12-22(20-35)26(19-23)31(32,33)34)9-5-3-4-8-14-36-15-17-37(18-16-36)29(40)25-10-6-7-11-27(25)42-2/h6-7,10-13,19H,3-5,8-9,14-18H2,1-2H3. The number of anilines is 1. The summed E-state index contributed by atoms with van der Waals surface area (Å²) in [4.78, 5) is 43.6. The quantitative estimate of drug-likeness (QED) is 0.283. The SMILES string of the molecule is COc1ccccc1C(=O)N1CCN(CCCCCCC2=C(C)C(=O)N(c3ccc(C#N)c(C(F)(F)F)c3)C2=O)CC1. The number of imide groups is 1. The molecule has 0 radical (unpaired) electrons. The molecule has 3 amide bonds. The Morgan fingerprint density at radius 3 is 2.33 bits per heavy atom. The Kier molecular flexibility index (Phi) is 9.68. The monoisotopic (exact) mass is 582 g/mol. The van der Waals surface area contributed by atoms with Crippen molar-refractivity contribution in [1.82, 2.24) is 9.80 Å². The van der Waals surface area contributed by atoms with Gasteiger partial charge in [0.2, 0.25) is 0 Å². The van der Waals surface area contributed by atoms with Crippen LogP contribution in [0.1, 0.15) is 60.5 Å². The van der Waals surface area contributed by atoms with Gasteiger partial charge in [-0.05, 0) is 63.1 Å². The van der Waals surface area contributed by atoms with Gasteiger partial charge in [0.05, 0.1) is 35.6 Å². The molecule has 0 saturated carbocycles. The molecule has 0 spiro atoms. The fourth-order valence-electron chi connectivity index (χ4n) is 5.37. The first-order chi connectivity index (χ1) is 20.1. The predicted molar refractivity (Wildman–Crippen MR) is 150 cm³/mol. The van der Waals surface area contributed by atoms with Crippen LogP contribution in [-0.2, 0) is 15.8 Å². The number of nitriles is 1. The third kappa shape index (κ3) is 6.65. The molecule has 42 heavy (non-hydrogen) atoms. The fraction of sp³-hybridized carbons (Fsp3) is 0.419. The van der Waals surface area contributed by atoms with Gasteiger partial charge in [0.15, 0.2) is 0 Å². The lowest BCUT2D eigenvalue weighted by Crippen LogP contribution is -2.48. The van der Waals surface area contributed by atoms with E-state index >= 15 is 0 Å². The number of nitrogens with zero attached hydrogens (tertiary/aromatic N) is 4. The van der Waals surface area contributed by atoms with Gasteiger partial charge in [0.1, 0.15) is 5.75 Å². The van der Waals surface area contributed by atoms with E-state index in [2.05, 4.69) is 4.90 Å². The van der Waals surface area contributed by atoms with Crippen LogP contribution in [0, 0.1) is 11.3 Å². The third-order valence-electron chi connectivity index (χ3n) is 7.77. The van der Waals surface area contributed by atoms with Gasteiger partial charge in [-0.15, -0.1) is 0 Å². The number of piperazine rings is 1. The molecular formula is C31H33F3N4O4. The van der Waals surface area contributed by atoms with E-state index in [9.17, 15) is 27.6 Å². The van der Waals surface area contributed by atoms with Gasteiger partial charge < -0.3 is 9.64 Å². The van der Waals surface area contributed by atoms with Gasteiger partial charge >= 0.3 is 6.18 Å². The summed E-state index contributed by atoms with van der Waals surface area (Å²) in [7, 11) is 1.55. The number of hydrogen-bond acceptors (Lipinski definition) is 6. The number of ether oxygens (including phenoxy) is 1. The van der Waals surface area contributed by atoms with Crippen molar-refractivity contribution in [2.45, 2.75) is 45.2 Å². The van der Waals surface area contributed by atoms with E-state index in [0.717, 1.165) is 49.9 Å². The van der Waals surface area contributed by atoms with E-state index in [4.69, 9.17) is 10.00 Å². The van der Waals surface area contributed by atoms with Crippen LogP contribution in [0.15, 0.2) is 53.6 Å². The number of methoxy groups -OCH3 is 1. The zero-order valence-electron chi connectivity index (χ0n) is 23.7. The van der Waals surface area contributed by atoms with E-state index in [1.165, 1.54) is 19.1 Å². The van der Waals surface area contributed by atoms with Crippen LogP contribution in [0.2, 0.25) is 0 Å². The zero-order chi connectivity index (χ0) is 30.4. The van der Waals surface area contributed by atoms with Crippen molar-refractivity contribution in [3.63, 3.8) is 0 Å². The molecule has 0 unspecified atom stereocenters. The van der Waals surface area contributed by atoms with Crippen molar-refractivity contribution < 1.29 is 32.3 Å². The van der Waals surface area contributed by atoms with Crippen LogP contribution in [0.25, 0.3) is 0 Å². The Morgan fingerprint density at radius 2 is 1.67 bits per heavy atom. The molecule has 11 heteroatoms. The first-order valence-corrected chi connectivity index (χ1v) is 13.9. The molecule has 2 aromatic rings. The molecule has 2 heterocycles. The number of alkyl halides is 3. The highest BCUT2D eigenvalue weighted by molar-refractivity contribution is 6.32. The number of rotatable bonds is 10. The molecule has 2 aromatic carbocycles. The lowest BCUT2D eigenvalue weighted by Gasteiger charge is -2.35. The van der Waals surface area contributed by atoms with Gasteiger partial charge in [0.25, 0.3) is 17.7 Å². The number of amides is 3. The molecule has 2 aliphatic heterocycles. The molecule has 0 aliphatic carbocycles. The topological polar surface area (TPSA) is 93.9 Å².